The van der Waals surface area contributed by atoms with Gasteiger partial charge in [0.05, 0.1) is 6.20 Å². The molecular formula is C24H28FN5O. The number of hydrogen-bond acceptors (Lipinski definition) is 3. The number of rotatable bonds is 3. The van der Waals surface area contributed by atoms with E-state index in [1.54, 1.807) is 13.1 Å². The van der Waals surface area contributed by atoms with Crippen LogP contribution in [0.4, 0.5) is 4.39 Å². The van der Waals surface area contributed by atoms with Crippen LogP contribution in [0, 0.1) is 5.82 Å². The number of amides is 1. The number of aromatic nitrogens is 4. The van der Waals surface area contributed by atoms with Gasteiger partial charge in [-0.3, -0.25) is 4.79 Å². The fourth-order valence-corrected chi connectivity index (χ4v) is 3.34. The van der Waals surface area contributed by atoms with Crippen LogP contribution >= 0.6 is 0 Å². The van der Waals surface area contributed by atoms with Crippen molar-refractivity contribution in [1.82, 2.24) is 20.4 Å². The molecule has 2 heterocycles. The van der Waals surface area contributed by atoms with Crippen molar-refractivity contribution in [2.75, 3.05) is 0 Å². The van der Waals surface area contributed by atoms with Crippen LogP contribution in [-0.4, -0.2) is 26.3 Å². The average Bonchev–Trinajstić information content (AvgIpc) is 3.58. The molecule has 31 heavy (non-hydrogen) atoms. The summed E-state index contributed by atoms with van der Waals surface area (Å²) in [5.41, 5.74) is 8.59. The molecule has 7 heteroatoms. The standard InChI is InChI=1S/C16H11FN4.C5H10.C3H7NO/c17-14-8-15-12(5-6-18-15)7-13(14)10-1-3-11(4-2-10)16-9-19-21-20-16;1-2-4-5-3-1;1-2-3(4)5/h1-9,18H,(H,19,20,21);1-5H2;2H2,1H3,(H2,4,5). The zero-order chi connectivity index (χ0) is 22.1. The summed E-state index contributed by atoms with van der Waals surface area (Å²) in [6.45, 7) is 1.72. The number of carbonyl (C=O) groups excluding carboxylic acids is 1. The van der Waals surface area contributed by atoms with E-state index in [9.17, 15) is 9.18 Å². The van der Waals surface area contributed by atoms with Crippen LogP contribution in [0.25, 0.3) is 33.3 Å². The molecule has 0 aliphatic heterocycles. The maximum Gasteiger partial charge on any atom is 0.217 e. The molecule has 4 aromatic rings. The maximum absolute atomic E-state index is 14.2. The minimum atomic E-state index is -0.245. The molecule has 162 valence electrons. The number of aromatic amines is 2. The molecule has 4 N–H and O–H groups in total. The molecule has 1 saturated carbocycles. The first-order chi connectivity index (χ1) is 15.1. The normalized spacial score (nSPS) is 12.6. The lowest BCUT2D eigenvalue weighted by Crippen LogP contribution is -2.06. The van der Waals surface area contributed by atoms with Gasteiger partial charge in [0.1, 0.15) is 11.5 Å². The van der Waals surface area contributed by atoms with E-state index in [1.807, 2.05) is 42.6 Å². The number of hydrogen-bond donors (Lipinski definition) is 3. The van der Waals surface area contributed by atoms with E-state index < -0.39 is 0 Å². The quantitative estimate of drug-likeness (QED) is 0.402. The van der Waals surface area contributed by atoms with Crippen molar-refractivity contribution in [2.24, 2.45) is 5.73 Å². The van der Waals surface area contributed by atoms with Gasteiger partial charge in [-0.15, -0.1) is 0 Å². The second-order valence-electron chi connectivity index (χ2n) is 7.42. The predicted molar refractivity (Wildman–Crippen MR) is 122 cm³/mol. The highest BCUT2D eigenvalue weighted by Gasteiger charge is 2.09. The van der Waals surface area contributed by atoms with Gasteiger partial charge in [0.15, 0.2) is 0 Å². The van der Waals surface area contributed by atoms with Crippen molar-refractivity contribution < 1.29 is 9.18 Å². The van der Waals surface area contributed by atoms with E-state index in [2.05, 4.69) is 26.1 Å². The Kier molecular flexibility index (Phi) is 7.92. The zero-order valence-corrected chi connectivity index (χ0v) is 17.7. The van der Waals surface area contributed by atoms with Gasteiger partial charge in [-0.05, 0) is 23.8 Å². The smallest absolute Gasteiger partial charge is 0.217 e. The zero-order valence-electron chi connectivity index (χ0n) is 17.7. The Labute approximate surface area is 181 Å². The molecule has 0 radical (unpaired) electrons. The van der Waals surface area contributed by atoms with Gasteiger partial charge in [-0.1, -0.05) is 63.3 Å². The summed E-state index contributed by atoms with van der Waals surface area (Å²) in [5, 5.41) is 11.4. The number of H-pyrrole nitrogens is 2. The number of halogens is 1. The number of benzene rings is 2. The molecule has 0 spiro atoms. The van der Waals surface area contributed by atoms with Crippen LogP contribution < -0.4 is 5.73 Å². The topological polar surface area (TPSA) is 100 Å². The summed E-state index contributed by atoms with van der Waals surface area (Å²) in [4.78, 5) is 12.6. The molecule has 1 fully saturated rings. The Hall–Kier alpha value is -3.48. The van der Waals surface area contributed by atoms with E-state index in [-0.39, 0.29) is 11.7 Å². The number of carbonyl (C=O) groups is 1. The third kappa shape index (κ3) is 6.25. The highest BCUT2D eigenvalue weighted by molar-refractivity contribution is 5.85. The number of primary amides is 1. The lowest BCUT2D eigenvalue weighted by molar-refractivity contribution is -0.117. The SMILES string of the molecule is C1CCCC1.CCC(N)=O.Fc1cc2[nH]ccc2cc1-c1ccc(-c2cn[nH]n2)cc1. The van der Waals surface area contributed by atoms with Gasteiger partial charge in [-0.2, -0.15) is 15.4 Å². The van der Waals surface area contributed by atoms with E-state index >= 15 is 0 Å². The largest absolute Gasteiger partial charge is 0.370 e. The summed E-state index contributed by atoms with van der Waals surface area (Å²) < 4.78 is 14.2. The van der Waals surface area contributed by atoms with Crippen LogP contribution in [0.15, 0.2) is 54.9 Å². The first kappa shape index (κ1) is 22.2. The third-order valence-corrected chi connectivity index (χ3v) is 5.15. The fraction of sp³-hybridized carbons (Fsp3) is 0.292. The highest BCUT2D eigenvalue weighted by atomic mass is 19.1. The Bertz CT molecular complexity index is 1080. The van der Waals surface area contributed by atoms with Crippen LogP contribution in [0.1, 0.15) is 45.4 Å². The monoisotopic (exact) mass is 421 g/mol. The molecule has 0 saturated heterocycles. The summed E-state index contributed by atoms with van der Waals surface area (Å²) >= 11 is 0. The molecule has 6 nitrogen and oxygen atoms in total. The molecule has 2 aromatic heterocycles. The number of nitrogens with two attached hydrogens (primary N) is 1. The van der Waals surface area contributed by atoms with E-state index in [0.29, 0.717) is 12.0 Å². The minimum absolute atomic E-state index is 0.237. The molecule has 1 amide bonds. The molecule has 1 aliphatic rings. The van der Waals surface area contributed by atoms with Crippen molar-refractivity contribution in [3.05, 3.63) is 60.7 Å². The summed E-state index contributed by atoms with van der Waals surface area (Å²) in [5.74, 6) is -0.482. The molecule has 1 aliphatic carbocycles. The number of nitrogens with one attached hydrogen (secondary N) is 2. The Balaban J connectivity index is 0.000000227. The molecule has 0 atom stereocenters. The Morgan fingerprint density at radius 1 is 1.03 bits per heavy atom. The molecular weight excluding hydrogens is 393 g/mol. The van der Waals surface area contributed by atoms with Crippen molar-refractivity contribution >= 4 is 16.8 Å². The Morgan fingerprint density at radius 3 is 2.19 bits per heavy atom. The lowest BCUT2D eigenvalue weighted by Gasteiger charge is -2.05. The van der Waals surface area contributed by atoms with Crippen LogP contribution in [0.2, 0.25) is 0 Å². The van der Waals surface area contributed by atoms with Crippen molar-refractivity contribution in [2.45, 2.75) is 45.4 Å². The number of fused-ring (bicyclic) bond motifs is 1. The van der Waals surface area contributed by atoms with Crippen molar-refractivity contribution in [3.8, 4) is 22.4 Å². The molecule has 5 rings (SSSR count). The maximum atomic E-state index is 14.2. The van der Waals surface area contributed by atoms with E-state index in [0.717, 1.165) is 27.7 Å². The van der Waals surface area contributed by atoms with Gasteiger partial charge in [0.25, 0.3) is 0 Å². The van der Waals surface area contributed by atoms with Gasteiger partial charge < -0.3 is 10.7 Å². The van der Waals surface area contributed by atoms with Gasteiger partial charge >= 0.3 is 0 Å². The fourth-order valence-electron chi connectivity index (χ4n) is 3.34. The molecule has 0 unspecified atom stereocenters. The lowest BCUT2D eigenvalue weighted by atomic mass is 10.0. The Morgan fingerprint density at radius 2 is 1.65 bits per heavy atom. The molecule has 2 aromatic carbocycles. The number of nitrogens with zero attached hydrogens (tertiary/aromatic N) is 2. The minimum Gasteiger partial charge on any atom is -0.370 e. The second-order valence-corrected chi connectivity index (χ2v) is 7.42. The van der Waals surface area contributed by atoms with Gasteiger partial charge in [-0.25, -0.2) is 4.39 Å². The summed E-state index contributed by atoms with van der Waals surface area (Å²) in [6.07, 6.45) is 11.4. The first-order valence-electron chi connectivity index (χ1n) is 10.6. The highest BCUT2D eigenvalue weighted by Crippen LogP contribution is 2.29. The van der Waals surface area contributed by atoms with E-state index in [1.165, 1.54) is 38.2 Å². The van der Waals surface area contributed by atoms with Gasteiger partial charge in [0, 0.05) is 34.6 Å². The summed E-state index contributed by atoms with van der Waals surface area (Å²) in [6, 6.07) is 12.9. The van der Waals surface area contributed by atoms with E-state index in [4.69, 9.17) is 0 Å². The van der Waals surface area contributed by atoms with Gasteiger partial charge in [0.2, 0.25) is 5.91 Å². The van der Waals surface area contributed by atoms with Crippen molar-refractivity contribution in [1.29, 1.82) is 0 Å². The average molecular weight is 422 g/mol. The first-order valence-corrected chi connectivity index (χ1v) is 10.6. The van der Waals surface area contributed by atoms with Crippen LogP contribution in [0.5, 0.6) is 0 Å². The molecule has 0 bridgehead atoms. The van der Waals surface area contributed by atoms with Crippen molar-refractivity contribution in [3.63, 3.8) is 0 Å². The third-order valence-electron chi connectivity index (χ3n) is 5.15. The summed E-state index contributed by atoms with van der Waals surface area (Å²) in [7, 11) is 0. The predicted octanol–water partition coefficient (Wildman–Crippen LogP) is 5.59. The van der Waals surface area contributed by atoms with Crippen LogP contribution in [0.3, 0.4) is 0 Å². The second kappa shape index (κ2) is 11.1. The van der Waals surface area contributed by atoms with Crippen LogP contribution in [-0.2, 0) is 4.79 Å².